The third-order valence-corrected chi connectivity index (χ3v) is 5.64. The zero-order valence-electron chi connectivity index (χ0n) is 15.4. The molecule has 0 saturated heterocycles. The number of aryl methyl sites for hydroxylation is 2. The normalized spacial score (nSPS) is 12.0. The minimum absolute atomic E-state index is 0.0767. The van der Waals surface area contributed by atoms with E-state index in [0.717, 1.165) is 23.3 Å². The summed E-state index contributed by atoms with van der Waals surface area (Å²) in [7, 11) is -3.74. The van der Waals surface area contributed by atoms with Crippen LogP contribution in [0.15, 0.2) is 47.4 Å². The number of rotatable bonds is 7. The number of hydrogen-bond acceptors (Lipinski definition) is 3. The van der Waals surface area contributed by atoms with Crippen LogP contribution in [0, 0.1) is 13.8 Å². The van der Waals surface area contributed by atoms with Crippen LogP contribution in [0.5, 0.6) is 0 Å². The summed E-state index contributed by atoms with van der Waals surface area (Å²) < 4.78 is 64.9. The van der Waals surface area contributed by atoms with Crippen LogP contribution in [0.3, 0.4) is 0 Å². The van der Waals surface area contributed by atoms with Gasteiger partial charge in [0.15, 0.2) is 0 Å². The number of carbonyl (C=O) groups excluding carboxylic acids is 1. The van der Waals surface area contributed by atoms with Crippen molar-refractivity contribution in [3.63, 3.8) is 0 Å². The van der Waals surface area contributed by atoms with Crippen LogP contribution in [-0.2, 0) is 27.5 Å². The van der Waals surface area contributed by atoms with Crippen molar-refractivity contribution in [2.24, 2.45) is 0 Å². The smallest absolute Gasteiger partial charge is 0.352 e. The Kier molecular flexibility index (Phi) is 6.84. The molecule has 0 unspecified atom stereocenters. The van der Waals surface area contributed by atoms with Gasteiger partial charge < -0.3 is 5.32 Å². The first-order valence-electron chi connectivity index (χ1n) is 8.49. The molecule has 0 heterocycles. The number of halogens is 3. The Hall–Kier alpha value is -2.39. The molecule has 0 radical (unpaired) electrons. The van der Waals surface area contributed by atoms with E-state index in [4.69, 9.17) is 0 Å². The third-order valence-electron chi connectivity index (χ3n) is 4.18. The summed E-state index contributed by atoms with van der Waals surface area (Å²) in [6.45, 7) is 3.47. The molecule has 0 fully saturated rings. The largest absolute Gasteiger partial charge is 0.416 e. The second-order valence-electron chi connectivity index (χ2n) is 6.37. The fraction of sp³-hybridized carbons (Fsp3) is 0.316. The summed E-state index contributed by atoms with van der Waals surface area (Å²) in [5.74, 6) is -0.472. The van der Waals surface area contributed by atoms with Crippen molar-refractivity contribution < 1.29 is 26.4 Å². The van der Waals surface area contributed by atoms with Gasteiger partial charge in [-0.2, -0.15) is 13.2 Å². The van der Waals surface area contributed by atoms with Crippen LogP contribution < -0.4 is 10.0 Å². The molecule has 2 rings (SSSR count). The number of nitrogens with one attached hydrogen (secondary N) is 2. The van der Waals surface area contributed by atoms with E-state index in [1.807, 2.05) is 6.92 Å². The molecule has 28 heavy (non-hydrogen) atoms. The highest BCUT2D eigenvalue weighted by Crippen LogP contribution is 2.29. The maximum absolute atomic E-state index is 12.7. The minimum Gasteiger partial charge on any atom is -0.352 e. The number of sulfonamides is 1. The van der Waals surface area contributed by atoms with Gasteiger partial charge in [-0.15, -0.1) is 0 Å². The number of alkyl halides is 3. The van der Waals surface area contributed by atoms with Gasteiger partial charge in [0, 0.05) is 19.5 Å². The van der Waals surface area contributed by atoms with Crippen LogP contribution in [-0.4, -0.2) is 20.9 Å². The molecular weight excluding hydrogens is 393 g/mol. The summed E-state index contributed by atoms with van der Waals surface area (Å²) in [5, 5.41) is 2.48. The van der Waals surface area contributed by atoms with Gasteiger partial charge in [0.1, 0.15) is 0 Å². The van der Waals surface area contributed by atoms with Gasteiger partial charge in [-0.25, -0.2) is 13.1 Å². The van der Waals surface area contributed by atoms with Crippen molar-refractivity contribution in [1.29, 1.82) is 0 Å². The lowest BCUT2D eigenvalue weighted by Gasteiger charge is -2.10. The molecule has 0 bridgehead atoms. The first kappa shape index (κ1) is 21.9. The second kappa shape index (κ2) is 8.74. The van der Waals surface area contributed by atoms with Crippen LogP contribution in [0.25, 0.3) is 0 Å². The Morgan fingerprint density at radius 1 is 1.04 bits per heavy atom. The second-order valence-corrected chi connectivity index (χ2v) is 8.14. The highest BCUT2D eigenvalue weighted by molar-refractivity contribution is 7.89. The monoisotopic (exact) mass is 414 g/mol. The maximum atomic E-state index is 12.7. The summed E-state index contributed by atoms with van der Waals surface area (Å²) in [4.78, 5) is 12.0. The molecule has 0 spiro atoms. The van der Waals surface area contributed by atoms with Crippen LogP contribution in [0.2, 0.25) is 0 Å². The third kappa shape index (κ3) is 6.07. The van der Waals surface area contributed by atoms with Gasteiger partial charge in [-0.3, -0.25) is 4.79 Å². The van der Waals surface area contributed by atoms with Crippen LogP contribution in [0.4, 0.5) is 13.2 Å². The lowest BCUT2D eigenvalue weighted by molar-refractivity contribution is -0.137. The van der Waals surface area contributed by atoms with Gasteiger partial charge in [0.25, 0.3) is 0 Å². The maximum Gasteiger partial charge on any atom is 0.416 e. The van der Waals surface area contributed by atoms with Gasteiger partial charge in [0.2, 0.25) is 15.9 Å². The summed E-state index contributed by atoms with van der Waals surface area (Å²) in [5.41, 5.74) is 1.31. The Balaban J connectivity index is 1.85. The van der Waals surface area contributed by atoms with E-state index in [1.54, 1.807) is 19.1 Å². The van der Waals surface area contributed by atoms with Crippen molar-refractivity contribution in [2.45, 2.75) is 37.9 Å². The van der Waals surface area contributed by atoms with E-state index in [1.165, 1.54) is 18.2 Å². The Bertz CT molecular complexity index is 957. The molecule has 2 aromatic carbocycles. The molecule has 0 saturated carbocycles. The number of benzene rings is 2. The molecule has 0 atom stereocenters. The van der Waals surface area contributed by atoms with Gasteiger partial charge in [0.05, 0.1) is 10.5 Å². The van der Waals surface area contributed by atoms with E-state index in [0.29, 0.717) is 5.56 Å². The van der Waals surface area contributed by atoms with Gasteiger partial charge in [-0.05, 0) is 54.8 Å². The predicted octanol–water partition coefficient (Wildman–Crippen LogP) is 3.31. The number of hydrogen-bond donors (Lipinski definition) is 2. The summed E-state index contributed by atoms with van der Waals surface area (Å²) in [6, 6.07) is 9.38. The molecule has 9 heteroatoms. The fourth-order valence-electron chi connectivity index (χ4n) is 2.41. The van der Waals surface area contributed by atoms with Crippen molar-refractivity contribution >= 4 is 15.9 Å². The Morgan fingerprint density at radius 2 is 1.75 bits per heavy atom. The molecule has 5 nitrogen and oxygen atoms in total. The topological polar surface area (TPSA) is 75.3 Å². The standard InChI is InChI=1S/C19H21F3N2O3S/c1-13-6-7-17(10-14(13)2)28(26,27)24-9-8-18(25)23-12-15-4-3-5-16(11-15)19(20,21)22/h3-7,10-11,24H,8-9,12H2,1-2H3,(H,23,25). The quantitative estimate of drug-likeness (QED) is 0.730. The summed E-state index contributed by atoms with van der Waals surface area (Å²) >= 11 is 0. The highest BCUT2D eigenvalue weighted by Gasteiger charge is 2.30. The van der Waals surface area contributed by atoms with Crippen molar-refractivity contribution in [2.75, 3.05) is 6.54 Å². The van der Waals surface area contributed by atoms with Gasteiger partial charge >= 0.3 is 6.18 Å². The zero-order chi connectivity index (χ0) is 20.9. The molecule has 0 aliphatic rings. The predicted molar refractivity (Wildman–Crippen MR) is 99.0 cm³/mol. The zero-order valence-corrected chi connectivity index (χ0v) is 16.2. The molecule has 1 amide bonds. The van der Waals surface area contributed by atoms with E-state index in [9.17, 15) is 26.4 Å². The molecule has 152 valence electrons. The summed E-state index contributed by atoms with van der Waals surface area (Å²) in [6.07, 6.45) is -4.59. The van der Waals surface area contributed by atoms with Crippen molar-refractivity contribution in [3.05, 3.63) is 64.7 Å². The lowest BCUT2D eigenvalue weighted by atomic mass is 10.1. The van der Waals surface area contributed by atoms with Crippen molar-refractivity contribution in [3.8, 4) is 0 Å². The molecule has 0 aromatic heterocycles. The first-order valence-corrected chi connectivity index (χ1v) is 9.97. The average Bonchev–Trinajstić information content (AvgIpc) is 2.61. The molecule has 2 aromatic rings. The van der Waals surface area contributed by atoms with E-state index >= 15 is 0 Å². The number of amides is 1. The minimum atomic E-state index is -4.45. The Morgan fingerprint density at radius 3 is 2.39 bits per heavy atom. The Labute approximate surface area is 162 Å². The van der Waals surface area contributed by atoms with E-state index in [-0.39, 0.29) is 24.4 Å². The first-order chi connectivity index (χ1) is 13.0. The van der Waals surface area contributed by atoms with Crippen LogP contribution >= 0.6 is 0 Å². The number of carbonyl (C=O) groups is 1. The van der Waals surface area contributed by atoms with E-state index in [2.05, 4.69) is 10.0 Å². The highest BCUT2D eigenvalue weighted by atomic mass is 32.2. The molecular formula is C19H21F3N2O3S. The SMILES string of the molecule is Cc1ccc(S(=O)(=O)NCCC(=O)NCc2cccc(C(F)(F)F)c2)cc1C. The van der Waals surface area contributed by atoms with E-state index < -0.39 is 27.7 Å². The lowest BCUT2D eigenvalue weighted by Crippen LogP contribution is -2.30. The fourth-order valence-corrected chi connectivity index (χ4v) is 3.53. The molecule has 0 aliphatic heterocycles. The van der Waals surface area contributed by atoms with Crippen LogP contribution in [0.1, 0.15) is 28.7 Å². The molecule has 2 N–H and O–H groups in total. The van der Waals surface area contributed by atoms with Gasteiger partial charge in [-0.1, -0.05) is 18.2 Å². The van der Waals surface area contributed by atoms with Crippen molar-refractivity contribution in [1.82, 2.24) is 10.0 Å². The molecule has 0 aliphatic carbocycles. The average molecular weight is 414 g/mol.